The summed E-state index contributed by atoms with van der Waals surface area (Å²) < 4.78 is 38.1. The fourth-order valence-corrected chi connectivity index (χ4v) is 3.33. The Balaban J connectivity index is 2.01. The van der Waals surface area contributed by atoms with Crippen LogP contribution in [0.15, 0.2) is 47.1 Å². The number of alkyl halides is 3. The average molecular weight is 251 g/mol. The first-order valence-electron chi connectivity index (χ1n) is 6.20. The molecule has 0 heterocycles. The molecule has 0 aliphatic heterocycles. The number of rotatable bonds is 0. The van der Waals surface area contributed by atoms with Gasteiger partial charge in [-0.3, -0.25) is 0 Å². The Morgan fingerprint density at radius 3 is 2.56 bits per heavy atom. The molecule has 2 atom stereocenters. The third-order valence-electron chi connectivity index (χ3n) is 4.18. The maximum atomic E-state index is 12.7. The molecule has 3 rings (SSSR count). The largest absolute Gasteiger partial charge is 0.434 e. The lowest BCUT2D eigenvalue weighted by molar-refractivity contribution is -0.0883. The van der Waals surface area contributed by atoms with Crippen LogP contribution in [0.3, 0.4) is 0 Å². The van der Waals surface area contributed by atoms with E-state index in [1.54, 1.807) is 6.42 Å². The molecule has 0 aromatic rings. The van der Waals surface area contributed by atoms with Gasteiger partial charge >= 0.3 is 6.18 Å². The van der Waals surface area contributed by atoms with Crippen LogP contribution >= 0.6 is 0 Å². The zero-order valence-corrected chi connectivity index (χ0v) is 9.93. The third-order valence-corrected chi connectivity index (χ3v) is 4.18. The van der Waals surface area contributed by atoms with Crippen LogP contribution in [0.5, 0.6) is 0 Å². The molecule has 0 saturated heterocycles. The Bertz CT molecular complexity index is 488. The van der Waals surface area contributed by atoms with Crippen LogP contribution in [0.4, 0.5) is 13.2 Å². The second kappa shape index (κ2) is 3.81. The van der Waals surface area contributed by atoms with E-state index < -0.39 is 11.7 Å². The van der Waals surface area contributed by atoms with Crippen molar-refractivity contribution < 1.29 is 13.2 Å². The van der Waals surface area contributed by atoms with Crippen molar-refractivity contribution in [2.75, 3.05) is 0 Å². The standard InChI is InChI=1S/C15H14F3/c1-9-10-5-6-12(7-10)14(9)11-3-2-4-13(8-11)15(16,17)18/h2-4,8,10,12H,1,5-7H2/q+1/b14-11-. The molecular weight excluding hydrogens is 237 g/mol. The fraction of sp³-hybridized carbons (Fsp3) is 0.400. The number of hydrogen-bond donors (Lipinski definition) is 0. The van der Waals surface area contributed by atoms with Crippen LogP contribution in [-0.2, 0) is 0 Å². The highest BCUT2D eigenvalue weighted by Gasteiger charge is 2.44. The van der Waals surface area contributed by atoms with Gasteiger partial charge in [-0.15, -0.1) is 0 Å². The van der Waals surface area contributed by atoms with Crippen LogP contribution in [-0.4, -0.2) is 6.18 Å². The topological polar surface area (TPSA) is 0 Å². The summed E-state index contributed by atoms with van der Waals surface area (Å²) in [6.07, 6.45) is 4.70. The molecule has 0 spiro atoms. The highest BCUT2D eigenvalue weighted by molar-refractivity contribution is 5.55. The number of halogens is 3. The van der Waals surface area contributed by atoms with Gasteiger partial charge in [0.05, 0.1) is 0 Å². The van der Waals surface area contributed by atoms with E-state index in [1.165, 1.54) is 12.2 Å². The summed E-state index contributed by atoms with van der Waals surface area (Å²) >= 11 is 0. The zero-order chi connectivity index (χ0) is 12.9. The van der Waals surface area contributed by atoms with Crippen LogP contribution in [0, 0.1) is 18.3 Å². The van der Waals surface area contributed by atoms with Gasteiger partial charge in [0.15, 0.2) is 0 Å². The third kappa shape index (κ3) is 1.73. The molecule has 3 heteroatoms. The van der Waals surface area contributed by atoms with Gasteiger partial charge < -0.3 is 0 Å². The van der Waals surface area contributed by atoms with E-state index in [9.17, 15) is 13.2 Å². The van der Waals surface area contributed by atoms with Gasteiger partial charge in [0.25, 0.3) is 0 Å². The second-order valence-electron chi connectivity index (χ2n) is 5.22. The van der Waals surface area contributed by atoms with E-state index in [-0.39, 0.29) is 0 Å². The lowest BCUT2D eigenvalue weighted by Crippen LogP contribution is -2.13. The summed E-state index contributed by atoms with van der Waals surface area (Å²) in [6, 6.07) is 0. The van der Waals surface area contributed by atoms with Gasteiger partial charge in [-0.1, -0.05) is 6.58 Å². The summed E-state index contributed by atoms with van der Waals surface area (Å²) in [4.78, 5) is 0. The summed E-state index contributed by atoms with van der Waals surface area (Å²) in [6.45, 7) is 4.07. The van der Waals surface area contributed by atoms with E-state index in [4.69, 9.17) is 0 Å². The molecule has 2 bridgehead atoms. The molecule has 18 heavy (non-hydrogen) atoms. The SMILES string of the molecule is C=C1/C(=C2/C=C(C(F)(F)F)C=C[CH+]2)C2CCC1C2. The van der Waals surface area contributed by atoms with Gasteiger partial charge in [-0.25, -0.2) is 0 Å². The maximum Gasteiger partial charge on any atom is 0.434 e. The molecule has 3 aliphatic rings. The predicted octanol–water partition coefficient (Wildman–Crippen LogP) is 4.53. The zero-order valence-electron chi connectivity index (χ0n) is 9.93. The molecule has 0 radical (unpaired) electrons. The summed E-state index contributed by atoms with van der Waals surface area (Å²) in [5.74, 6) is 0.922. The number of allylic oxidation sites excluding steroid dienone is 7. The Kier molecular flexibility index (Phi) is 2.47. The minimum atomic E-state index is -4.27. The van der Waals surface area contributed by atoms with Crippen molar-refractivity contribution in [3.05, 3.63) is 53.5 Å². The predicted molar refractivity (Wildman–Crippen MR) is 64.6 cm³/mol. The molecule has 94 valence electrons. The first-order chi connectivity index (χ1) is 8.47. The molecule has 0 nitrogen and oxygen atoms in total. The van der Waals surface area contributed by atoms with E-state index >= 15 is 0 Å². The summed E-state index contributed by atoms with van der Waals surface area (Å²) in [5, 5.41) is 0. The Morgan fingerprint density at radius 2 is 1.94 bits per heavy atom. The molecule has 0 N–H and O–H groups in total. The molecule has 2 saturated carbocycles. The van der Waals surface area contributed by atoms with Crippen LogP contribution in [0.25, 0.3) is 0 Å². The highest BCUT2D eigenvalue weighted by atomic mass is 19.4. The van der Waals surface area contributed by atoms with Crippen molar-refractivity contribution in [2.45, 2.75) is 25.4 Å². The monoisotopic (exact) mass is 251 g/mol. The molecule has 2 fully saturated rings. The van der Waals surface area contributed by atoms with Gasteiger partial charge in [0.1, 0.15) is 11.1 Å². The average Bonchev–Trinajstić information content (AvgIpc) is 2.88. The molecule has 2 unspecified atom stereocenters. The molecular formula is C15H14F3+. The van der Waals surface area contributed by atoms with Gasteiger partial charge in [-0.05, 0) is 30.8 Å². The van der Waals surface area contributed by atoms with Crippen molar-refractivity contribution in [3.63, 3.8) is 0 Å². The van der Waals surface area contributed by atoms with Gasteiger partial charge in [0, 0.05) is 36.1 Å². The molecule has 0 aromatic heterocycles. The summed E-state index contributed by atoms with van der Waals surface area (Å²) in [5.41, 5.74) is 2.27. The second-order valence-corrected chi connectivity index (χ2v) is 5.22. The quantitative estimate of drug-likeness (QED) is 0.555. The molecule has 0 aromatic carbocycles. The number of hydrogen-bond acceptors (Lipinski definition) is 0. The minimum absolute atomic E-state index is 0.422. The van der Waals surface area contributed by atoms with Crippen LogP contribution in [0.2, 0.25) is 0 Å². The van der Waals surface area contributed by atoms with Crippen molar-refractivity contribution >= 4 is 0 Å². The molecule has 0 amide bonds. The minimum Gasteiger partial charge on any atom is -0.164 e. The fourth-order valence-electron chi connectivity index (χ4n) is 3.33. The van der Waals surface area contributed by atoms with Crippen LogP contribution in [0.1, 0.15) is 19.3 Å². The van der Waals surface area contributed by atoms with Crippen LogP contribution < -0.4 is 0 Å². The lowest BCUT2D eigenvalue weighted by atomic mass is 9.84. The van der Waals surface area contributed by atoms with Crippen molar-refractivity contribution in [1.29, 1.82) is 0 Å². The smallest absolute Gasteiger partial charge is 0.164 e. The van der Waals surface area contributed by atoms with E-state index in [0.717, 1.165) is 36.5 Å². The van der Waals surface area contributed by atoms with Gasteiger partial charge in [0.2, 0.25) is 0 Å². The first-order valence-corrected chi connectivity index (χ1v) is 6.20. The van der Waals surface area contributed by atoms with Crippen molar-refractivity contribution in [3.8, 4) is 0 Å². The molecule has 3 aliphatic carbocycles. The maximum absolute atomic E-state index is 12.7. The van der Waals surface area contributed by atoms with E-state index in [0.29, 0.717) is 17.4 Å². The Hall–Kier alpha value is -1.38. The first kappa shape index (κ1) is 11.7. The lowest BCUT2D eigenvalue weighted by Gasteiger charge is -2.16. The highest BCUT2D eigenvalue weighted by Crippen LogP contribution is 2.53. The Morgan fingerprint density at radius 1 is 1.22 bits per heavy atom. The number of fused-ring (bicyclic) bond motifs is 2. The van der Waals surface area contributed by atoms with E-state index in [1.807, 2.05) is 0 Å². The van der Waals surface area contributed by atoms with Crippen molar-refractivity contribution in [2.24, 2.45) is 11.8 Å². The Labute approximate surface area is 105 Å². The normalized spacial score (nSPS) is 34.8. The van der Waals surface area contributed by atoms with Crippen molar-refractivity contribution in [1.82, 2.24) is 0 Å². The van der Waals surface area contributed by atoms with E-state index in [2.05, 4.69) is 6.58 Å². The summed E-state index contributed by atoms with van der Waals surface area (Å²) in [7, 11) is 0. The van der Waals surface area contributed by atoms with Gasteiger partial charge in [-0.2, -0.15) is 13.2 Å².